The normalized spacial score (nSPS) is 10.1. The van der Waals surface area contributed by atoms with E-state index in [1.165, 1.54) is 6.92 Å². The topological polar surface area (TPSA) is 26.3 Å². The summed E-state index contributed by atoms with van der Waals surface area (Å²) in [6.45, 7) is 7.03. The second kappa shape index (κ2) is 5.12. The third-order valence-corrected chi connectivity index (χ3v) is 2.35. The Balaban J connectivity index is 3.04. The van der Waals surface area contributed by atoms with E-state index in [0.29, 0.717) is 5.75 Å². The number of benzene rings is 1. The van der Waals surface area contributed by atoms with Crippen molar-refractivity contribution < 1.29 is 9.53 Å². The molecule has 0 spiro atoms. The quantitative estimate of drug-likeness (QED) is 0.619. The molecule has 1 rings (SSSR count). The average molecular weight is 268 g/mol. The van der Waals surface area contributed by atoms with Crippen molar-refractivity contribution in [2.45, 2.75) is 13.8 Å². The van der Waals surface area contributed by atoms with Crippen LogP contribution in [-0.2, 0) is 4.79 Å². The fourth-order valence-electron chi connectivity index (χ4n) is 1.13. The van der Waals surface area contributed by atoms with Crippen LogP contribution in [0.4, 0.5) is 0 Å². The summed E-state index contributed by atoms with van der Waals surface area (Å²) >= 11 is 3.36. The molecule has 1 aromatic rings. The van der Waals surface area contributed by atoms with Crippen molar-refractivity contribution in [2.24, 2.45) is 0 Å². The van der Waals surface area contributed by atoms with E-state index >= 15 is 0 Å². The van der Waals surface area contributed by atoms with Crippen LogP contribution in [0.2, 0.25) is 0 Å². The molecule has 0 heterocycles. The van der Waals surface area contributed by atoms with Crippen LogP contribution in [-0.4, -0.2) is 5.97 Å². The van der Waals surface area contributed by atoms with Gasteiger partial charge in [-0.2, -0.15) is 0 Å². The molecule has 1 aromatic carbocycles. The van der Waals surface area contributed by atoms with Crippen LogP contribution in [0.15, 0.2) is 35.3 Å². The van der Waals surface area contributed by atoms with E-state index in [1.807, 2.05) is 19.1 Å². The van der Waals surface area contributed by atoms with Crippen molar-refractivity contribution in [2.75, 3.05) is 0 Å². The van der Waals surface area contributed by atoms with Gasteiger partial charge in [-0.1, -0.05) is 28.9 Å². The van der Waals surface area contributed by atoms with Crippen molar-refractivity contribution >= 4 is 21.9 Å². The molecular weight excluding hydrogens is 256 g/mol. The van der Waals surface area contributed by atoms with Crippen molar-refractivity contribution in [3.05, 3.63) is 46.8 Å². The maximum Gasteiger partial charge on any atom is 0.308 e. The van der Waals surface area contributed by atoms with Crippen molar-refractivity contribution in [1.29, 1.82) is 0 Å². The number of hydrogen-bond acceptors (Lipinski definition) is 2. The van der Waals surface area contributed by atoms with Crippen molar-refractivity contribution in [3.63, 3.8) is 0 Å². The zero-order chi connectivity index (χ0) is 11.4. The van der Waals surface area contributed by atoms with Gasteiger partial charge in [0, 0.05) is 17.3 Å². The van der Waals surface area contributed by atoms with Gasteiger partial charge in [0.2, 0.25) is 0 Å². The SMILES string of the molecule is C=C[C](C)c1cc(Br)cc(OC(C)=O)c1. The standard InChI is InChI=1S/C12H12BrO2/c1-4-8(2)10-5-11(13)7-12(6-10)15-9(3)14/h4-7H,1H2,2-3H3. The molecule has 15 heavy (non-hydrogen) atoms. The first-order valence-corrected chi connectivity index (χ1v) is 5.27. The largest absolute Gasteiger partial charge is 0.427 e. The molecule has 0 aliphatic carbocycles. The Morgan fingerprint density at radius 3 is 2.60 bits per heavy atom. The first kappa shape index (κ1) is 12.0. The Bertz CT molecular complexity index is 385. The minimum Gasteiger partial charge on any atom is -0.427 e. The second-order valence-corrected chi connectivity index (χ2v) is 4.07. The van der Waals surface area contributed by atoms with E-state index in [1.54, 1.807) is 12.1 Å². The second-order valence-electron chi connectivity index (χ2n) is 3.16. The number of carbonyl (C=O) groups is 1. The van der Waals surface area contributed by atoms with E-state index in [0.717, 1.165) is 16.0 Å². The van der Waals surface area contributed by atoms with Gasteiger partial charge < -0.3 is 4.74 Å². The van der Waals surface area contributed by atoms with Gasteiger partial charge in [0.05, 0.1) is 0 Å². The monoisotopic (exact) mass is 267 g/mol. The predicted octanol–water partition coefficient (Wildman–Crippen LogP) is 3.50. The number of rotatable bonds is 3. The fourth-order valence-corrected chi connectivity index (χ4v) is 1.61. The lowest BCUT2D eigenvalue weighted by molar-refractivity contribution is -0.131. The van der Waals surface area contributed by atoms with Gasteiger partial charge in [-0.05, 0) is 23.8 Å². The Morgan fingerprint density at radius 2 is 2.07 bits per heavy atom. The summed E-state index contributed by atoms with van der Waals surface area (Å²) in [5.41, 5.74) is 0.982. The number of ether oxygens (including phenoxy) is 1. The van der Waals surface area contributed by atoms with Crippen LogP contribution in [0.25, 0.3) is 0 Å². The lowest BCUT2D eigenvalue weighted by Crippen LogP contribution is -2.02. The maximum atomic E-state index is 10.8. The zero-order valence-corrected chi connectivity index (χ0v) is 10.3. The molecule has 0 aliphatic heterocycles. The molecule has 0 aromatic heterocycles. The van der Waals surface area contributed by atoms with Gasteiger partial charge in [-0.25, -0.2) is 0 Å². The number of allylic oxidation sites excluding steroid dienone is 1. The summed E-state index contributed by atoms with van der Waals surface area (Å²) in [4.78, 5) is 10.8. The molecule has 1 radical (unpaired) electrons. The van der Waals surface area contributed by atoms with E-state index in [4.69, 9.17) is 4.74 Å². The molecule has 0 N–H and O–H groups in total. The van der Waals surface area contributed by atoms with Crippen LogP contribution in [0, 0.1) is 5.92 Å². The van der Waals surface area contributed by atoms with Gasteiger partial charge in [0.25, 0.3) is 0 Å². The lowest BCUT2D eigenvalue weighted by Gasteiger charge is -2.09. The fraction of sp³-hybridized carbons (Fsp3) is 0.167. The molecule has 2 nitrogen and oxygen atoms in total. The highest BCUT2D eigenvalue weighted by molar-refractivity contribution is 9.10. The predicted molar refractivity (Wildman–Crippen MR) is 63.7 cm³/mol. The Hall–Kier alpha value is -1.09. The Labute approximate surface area is 98.1 Å². The molecule has 0 aliphatic rings. The van der Waals surface area contributed by atoms with E-state index in [-0.39, 0.29) is 5.97 Å². The Kier molecular flexibility index (Phi) is 4.09. The summed E-state index contributed by atoms with van der Waals surface area (Å²) in [7, 11) is 0. The molecule has 0 saturated heterocycles. The van der Waals surface area contributed by atoms with E-state index < -0.39 is 0 Å². The Morgan fingerprint density at radius 1 is 1.40 bits per heavy atom. The van der Waals surface area contributed by atoms with E-state index in [9.17, 15) is 4.79 Å². The summed E-state index contributed by atoms with van der Waals surface area (Å²) in [5.74, 6) is 1.24. The molecule has 0 saturated carbocycles. The van der Waals surface area contributed by atoms with Gasteiger partial charge >= 0.3 is 5.97 Å². The number of halogens is 1. The third kappa shape index (κ3) is 3.51. The highest BCUT2D eigenvalue weighted by Gasteiger charge is 2.07. The van der Waals surface area contributed by atoms with Crippen LogP contribution in [0.5, 0.6) is 5.75 Å². The minimum atomic E-state index is -0.324. The number of carbonyl (C=O) groups excluding carboxylic acids is 1. The van der Waals surface area contributed by atoms with Crippen LogP contribution < -0.4 is 4.74 Å². The lowest BCUT2D eigenvalue weighted by atomic mass is 10.0. The molecular formula is C12H12BrO2. The van der Waals surface area contributed by atoms with Gasteiger partial charge in [-0.3, -0.25) is 4.79 Å². The minimum absolute atomic E-state index is 0.324. The van der Waals surface area contributed by atoms with Crippen molar-refractivity contribution in [1.82, 2.24) is 0 Å². The number of hydrogen-bond donors (Lipinski definition) is 0. The summed E-state index contributed by atoms with van der Waals surface area (Å²) < 4.78 is 5.89. The highest BCUT2D eigenvalue weighted by atomic mass is 79.9. The molecule has 0 unspecified atom stereocenters. The molecule has 3 heteroatoms. The smallest absolute Gasteiger partial charge is 0.308 e. The van der Waals surface area contributed by atoms with Gasteiger partial charge in [-0.15, -0.1) is 6.58 Å². The molecule has 0 amide bonds. The third-order valence-electron chi connectivity index (χ3n) is 1.89. The molecule has 0 bridgehead atoms. The van der Waals surface area contributed by atoms with Crippen molar-refractivity contribution in [3.8, 4) is 5.75 Å². The maximum absolute atomic E-state index is 10.8. The summed E-state index contributed by atoms with van der Waals surface area (Å²) in [6.07, 6.45) is 1.76. The van der Waals surface area contributed by atoms with Crippen LogP contribution in [0.1, 0.15) is 19.4 Å². The van der Waals surface area contributed by atoms with E-state index in [2.05, 4.69) is 22.5 Å². The summed E-state index contributed by atoms with van der Waals surface area (Å²) in [5, 5.41) is 0. The molecule has 0 fully saturated rings. The van der Waals surface area contributed by atoms with Gasteiger partial charge in [0.1, 0.15) is 5.75 Å². The first-order chi connectivity index (χ1) is 7.02. The molecule has 79 valence electrons. The van der Waals surface area contributed by atoms with Gasteiger partial charge in [0.15, 0.2) is 0 Å². The summed E-state index contributed by atoms with van der Waals surface area (Å²) in [6, 6.07) is 5.51. The zero-order valence-electron chi connectivity index (χ0n) is 8.71. The molecule has 0 atom stereocenters. The van der Waals surface area contributed by atoms with Crippen LogP contribution >= 0.6 is 15.9 Å². The highest BCUT2D eigenvalue weighted by Crippen LogP contribution is 2.26. The average Bonchev–Trinajstić information content (AvgIpc) is 2.14. The first-order valence-electron chi connectivity index (χ1n) is 4.48. The number of esters is 1. The van der Waals surface area contributed by atoms with Crippen LogP contribution in [0.3, 0.4) is 0 Å².